The number of hydrogen-bond acceptors (Lipinski definition) is 7. The van der Waals surface area contributed by atoms with E-state index in [1.165, 1.54) is 0 Å². The van der Waals surface area contributed by atoms with Crippen LogP contribution in [0.3, 0.4) is 0 Å². The molecule has 1 amide bonds. The number of hydrogen-bond donors (Lipinski definition) is 3. The van der Waals surface area contributed by atoms with Gasteiger partial charge in [0.1, 0.15) is 17.7 Å². The average Bonchev–Trinajstić information content (AvgIpc) is 3.45. The maximum atomic E-state index is 13.7. The van der Waals surface area contributed by atoms with Crippen molar-refractivity contribution in [2.75, 3.05) is 20.6 Å². The van der Waals surface area contributed by atoms with Crippen molar-refractivity contribution in [2.24, 2.45) is 45.4 Å². The Morgan fingerprint density at radius 3 is 2.56 bits per heavy atom. The Morgan fingerprint density at radius 2 is 1.94 bits per heavy atom. The Bertz CT molecular complexity index is 1010. The molecule has 6 atom stereocenters. The highest BCUT2D eigenvalue weighted by Gasteiger charge is 2.63. The van der Waals surface area contributed by atoms with Crippen LogP contribution < -0.4 is 17.2 Å². The molecule has 5 aliphatic carbocycles. The number of fused-ring (bicyclic) bond motifs is 1. The molecule has 0 radical (unpaired) electrons. The van der Waals surface area contributed by atoms with Gasteiger partial charge in [-0.25, -0.2) is 0 Å². The van der Waals surface area contributed by atoms with Crippen molar-refractivity contribution in [1.29, 1.82) is 5.26 Å². The Kier molecular flexibility index (Phi) is 6.28. The first-order chi connectivity index (χ1) is 17.1. The van der Waals surface area contributed by atoms with Crippen LogP contribution in [0, 0.1) is 34.5 Å². The number of likely N-dealkylation sites (tertiary alicyclic amines) is 1. The first kappa shape index (κ1) is 25.0. The maximum Gasteiger partial charge on any atom is 0.323 e. The quantitative estimate of drug-likeness (QED) is 0.182. The molecule has 5 fully saturated rings. The second kappa shape index (κ2) is 9.03. The standard InChI is InChI=1S/C26H39N7O3/c1-32(2)19(4-3-5-31-24(29)30)23(35)36-26-11-15-6-16(12-26)10-25(9-15,14-26)21(28)22(34)33-18(13-27)7-17-8-20(17)33/h8,15-19,21H,3-7,9-12,14,28H2,1-2H3,(H4,29,30,31). The summed E-state index contributed by atoms with van der Waals surface area (Å²) in [5, 5.41) is 9.59. The van der Waals surface area contributed by atoms with Gasteiger partial charge in [-0.05, 0) is 89.1 Å². The molecular weight excluding hydrogens is 458 g/mol. The zero-order chi connectivity index (χ0) is 25.8. The minimum atomic E-state index is -0.693. The molecule has 6 unspecified atom stereocenters. The summed E-state index contributed by atoms with van der Waals surface area (Å²) in [5.74, 6) is 0.738. The van der Waals surface area contributed by atoms with E-state index in [0.717, 1.165) is 37.8 Å². The molecule has 1 saturated heterocycles. The molecule has 1 heterocycles. The summed E-state index contributed by atoms with van der Waals surface area (Å²) < 4.78 is 6.39. The molecular formula is C26H39N7O3. The molecule has 6 N–H and O–H groups in total. The molecule has 10 nitrogen and oxygen atoms in total. The number of rotatable bonds is 9. The van der Waals surface area contributed by atoms with Crippen molar-refractivity contribution in [2.45, 2.75) is 81.5 Å². The molecule has 0 spiro atoms. The SMILES string of the molecule is CN(C)C(CCCN=C(N)N)C(=O)OC12CC3CC(C1)CC(C(N)C(=O)N1C4=CC4CC1C#N)(C3)C2. The van der Waals surface area contributed by atoms with Crippen LogP contribution in [0.2, 0.25) is 0 Å². The smallest absolute Gasteiger partial charge is 0.323 e. The normalized spacial score (nSPS) is 37.1. The minimum Gasteiger partial charge on any atom is -0.458 e. The third-order valence-electron chi connectivity index (χ3n) is 9.22. The third kappa shape index (κ3) is 4.37. The van der Waals surface area contributed by atoms with Crippen molar-refractivity contribution >= 4 is 17.8 Å². The first-order valence-electron chi connectivity index (χ1n) is 13.2. The Balaban J connectivity index is 1.31. The van der Waals surface area contributed by atoms with Crippen LogP contribution in [0.4, 0.5) is 0 Å². The van der Waals surface area contributed by atoms with Gasteiger partial charge in [-0.15, -0.1) is 0 Å². The summed E-state index contributed by atoms with van der Waals surface area (Å²) in [6.45, 7) is 0.465. The number of allylic oxidation sites excluding steroid dienone is 2. The number of nitriles is 1. The topological polar surface area (TPSA) is 164 Å². The molecule has 4 bridgehead atoms. The Labute approximate surface area is 212 Å². The number of carbonyl (C=O) groups excluding carboxylic acids is 2. The number of nitrogens with zero attached hydrogens (tertiary/aromatic N) is 4. The van der Waals surface area contributed by atoms with Gasteiger partial charge < -0.3 is 21.9 Å². The Hall–Kier alpha value is -2.64. The molecule has 10 heteroatoms. The van der Waals surface area contributed by atoms with Crippen LogP contribution >= 0.6 is 0 Å². The summed E-state index contributed by atoms with van der Waals surface area (Å²) in [5.41, 5.74) is 17.6. The summed E-state index contributed by atoms with van der Waals surface area (Å²) >= 11 is 0. The predicted octanol–water partition coefficient (Wildman–Crippen LogP) is 0.818. The lowest BCUT2D eigenvalue weighted by Gasteiger charge is -2.62. The maximum absolute atomic E-state index is 13.7. The Morgan fingerprint density at radius 1 is 1.25 bits per heavy atom. The van der Waals surface area contributed by atoms with Gasteiger partial charge in [-0.1, -0.05) is 6.08 Å². The zero-order valence-electron chi connectivity index (χ0n) is 21.4. The monoisotopic (exact) mass is 497 g/mol. The zero-order valence-corrected chi connectivity index (χ0v) is 21.4. The van der Waals surface area contributed by atoms with E-state index < -0.39 is 29.1 Å². The van der Waals surface area contributed by atoms with Gasteiger partial charge in [0.25, 0.3) is 0 Å². The van der Waals surface area contributed by atoms with E-state index in [2.05, 4.69) is 17.1 Å². The lowest BCUT2D eigenvalue weighted by Crippen LogP contribution is -2.65. The molecule has 6 aliphatic rings. The van der Waals surface area contributed by atoms with Crippen molar-refractivity contribution in [3.63, 3.8) is 0 Å². The molecule has 4 saturated carbocycles. The van der Waals surface area contributed by atoms with E-state index in [9.17, 15) is 14.9 Å². The molecule has 0 aromatic heterocycles. The molecule has 1 aliphatic heterocycles. The summed E-state index contributed by atoms with van der Waals surface area (Å²) in [4.78, 5) is 34.7. The van der Waals surface area contributed by atoms with Gasteiger partial charge >= 0.3 is 5.97 Å². The van der Waals surface area contributed by atoms with E-state index in [1.807, 2.05) is 19.0 Å². The number of nitrogens with two attached hydrogens (primary N) is 3. The largest absolute Gasteiger partial charge is 0.458 e. The highest BCUT2D eigenvalue weighted by molar-refractivity contribution is 5.86. The van der Waals surface area contributed by atoms with Gasteiger partial charge in [-0.3, -0.25) is 24.4 Å². The van der Waals surface area contributed by atoms with E-state index >= 15 is 0 Å². The van der Waals surface area contributed by atoms with Crippen LogP contribution in [0.25, 0.3) is 0 Å². The van der Waals surface area contributed by atoms with Gasteiger partial charge in [0.15, 0.2) is 5.96 Å². The van der Waals surface area contributed by atoms with Crippen LogP contribution in [-0.2, 0) is 14.3 Å². The second-order valence-electron chi connectivity index (χ2n) is 12.1. The van der Waals surface area contributed by atoms with Gasteiger partial charge in [0.2, 0.25) is 5.91 Å². The van der Waals surface area contributed by atoms with Crippen molar-refractivity contribution in [1.82, 2.24) is 9.80 Å². The highest BCUT2D eigenvalue weighted by Crippen LogP contribution is 2.64. The molecule has 0 aromatic carbocycles. The molecule has 36 heavy (non-hydrogen) atoms. The first-order valence-corrected chi connectivity index (χ1v) is 13.2. The van der Waals surface area contributed by atoms with Crippen molar-refractivity contribution in [3.05, 3.63) is 11.8 Å². The van der Waals surface area contributed by atoms with Gasteiger partial charge in [-0.2, -0.15) is 5.26 Å². The van der Waals surface area contributed by atoms with Crippen LogP contribution in [-0.4, -0.2) is 72.0 Å². The minimum absolute atomic E-state index is 0.0484. The van der Waals surface area contributed by atoms with Gasteiger partial charge in [0, 0.05) is 18.2 Å². The fraction of sp³-hybridized carbons (Fsp3) is 0.769. The summed E-state index contributed by atoms with van der Waals surface area (Å²) in [6, 6.07) is 0.775. The summed E-state index contributed by atoms with van der Waals surface area (Å²) in [6.07, 6.45) is 9.17. The predicted molar refractivity (Wildman–Crippen MR) is 134 cm³/mol. The number of guanidine groups is 1. The van der Waals surface area contributed by atoms with Crippen LogP contribution in [0.15, 0.2) is 16.8 Å². The number of likely N-dealkylation sites (N-methyl/N-ethyl adjacent to an activating group) is 1. The molecule has 0 aromatic rings. The van der Waals surface area contributed by atoms with Gasteiger partial charge in [0.05, 0.1) is 12.1 Å². The van der Waals surface area contributed by atoms with Crippen molar-refractivity contribution in [3.8, 4) is 6.07 Å². The fourth-order valence-electron chi connectivity index (χ4n) is 8.03. The van der Waals surface area contributed by atoms with E-state index in [0.29, 0.717) is 44.1 Å². The average molecular weight is 498 g/mol. The lowest BCUT2D eigenvalue weighted by molar-refractivity contribution is -0.209. The van der Waals surface area contributed by atoms with Crippen molar-refractivity contribution < 1.29 is 14.3 Å². The fourth-order valence-corrected chi connectivity index (χ4v) is 8.03. The third-order valence-corrected chi connectivity index (χ3v) is 9.22. The second-order valence-corrected chi connectivity index (χ2v) is 12.1. The van der Waals surface area contributed by atoms with E-state index in [1.54, 1.807) is 4.90 Å². The lowest BCUT2D eigenvalue weighted by atomic mass is 9.46. The van der Waals surface area contributed by atoms with Crippen LogP contribution in [0.5, 0.6) is 0 Å². The summed E-state index contributed by atoms with van der Waals surface area (Å²) in [7, 11) is 3.76. The molecule has 6 rings (SSSR count). The molecule has 196 valence electrons. The number of aliphatic imine (C=N–C) groups is 1. The number of ether oxygens (including phenoxy) is 1. The van der Waals surface area contributed by atoms with E-state index in [4.69, 9.17) is 21.9 Å². The van der Waals surface area contributed by atoms with E-state index in [-0.39, 0.29) is 23.8 Å². The number of carbonyl (C=O) groups is 2. The van der Waals surface area contributed by atoms with Crippen LogP contribution in [0.1, 0.15) is 57.8 Å². The number of esters is 1. The highest BCUT2D eigenvalue weighted by atomic mass is 16.6. The number of amides is 1.